The summed E-state index contributed by atoms with van der Waals surface area (Å²) in [5, 5.41) is 11.2. The van der Waals surface area contributed by atoms with E-state index in [0.29, 0.717) is 0 Å². The average molecular weight is 346 g/mol. The SMILES string of the molecule is CCCCN=Cc1cccc2c1nnc1c(C=NC(C)(C)C)cccc12. The summed E-state index contributed by atoms with van der Waals surface area (Å²) in [5.41, 5.74) is 3.67. The van der Waals surface area contributed by atoms with Gasteiger partial charge in [-0.2, -0.15) is 0 Å². The van der Waals surface area contributed by atoms with Crippen molar-refractivity contribution in [2.24, 2.45) is 9.98 Å². The molecule has 0 fully saturated rings. The van der Waals surface area contributed by atoms with Crippen molar-refractivity contribution in [3.8, 4) is 0 Å². The van der Waals surface area contributed by atoms with E-state index in [0.717, 1.165) is 52.3 Å². The van der Waals surface area contributed by atoms with Gasteiger partial charge in [-0.3, -0.25) is 9.98 Å². The van der Waals surface area contributed by atoms with Crippen LogP contribution in [0.15, 0.2) is 46.4 Å². The molecule has 0 N–H and O–H groups in total. The monoisotopic (exact) mass is 346 g/mol. The summed E-state index contributed by atoms with van der Waals surface area (Å²) in [4.78, 5) is 9.14. The van der Waals surface area contributed by atoms with Crippen LogP contribution in [0.4, 0.5) is 0 Å². The normalized spacial score (nSPS) is 12.8. The fourth-order valence-electron chi connectivity index (χ4n) is 2.76. The molecule has 0 spiro atoms. The largest absolute Gasteiger partial charge is 0.292 e. The number of aromatic nitrogens is 2. The van der Waals surface area contributed by atoms with Crippen LogP contribution in [0.5, 0.6) is 0 Å². The van der Waals surface area contributed by atoms with Gasteiger partial charge in [0, 0.05) is 40.9 Å². The number of aliphatic imine (C=N–C) groups is 2. The van der Waals surface area contributed by atoms with Crippen molar-refractivity contribution in [2.75, 3.05) is 6.54 Å². The molecule has 134 valence electrons. The Bertz CT molecular complexity index is 965. The Hall–Kier alpha value is -2.62. The minimum atomic E-state index is -0.117. The van der Waals surface area contributed by atoms with E-state index in [2.05, 4.69) is 72.1 Å². The maximum atomic E-state index is 4.62. The Morgan fingerprint density at radius 3 is 2.00 bits per heavy atom. The maximum absolute atomic E-state index is 4.62. The topological polar surface area (TPSA) is 50.5 Å². The van der Waals surface area contributed by atoms with Crippen molar-refractivity contribution in [3.05, 3.63) is 47.5 Å². The average Bonchev–Trinajstić information content (AvgIpc) is 2.62. The molecule has 26 heavy (non-hydrogen) atoms. The molecule has 0 aliphatic carbocycles. The van der Waals surface area contributed by atoms with E-state index >= 15 is 0 Å². The number of rotatable bonds is 5. The lowest BCUT2D eigenvalue weighted by Crippen LogP contribution is -2.09. The zero-order valence-electron chi connectivity index (χ0n) is 16.0. The second kappa shape index (κ2) is 7.73. The lowest BCUT2D eigenvalue weighted by molar-refractivity contribution is 0.587. The zero-order chi connectivity index (χ0) is 18.6. The number of hydrogen-bond donors (Lipinski definition) is 0. The van der Waals surface area contributed by atoms with Gasteiger partial charge in [0.25, 0.3) is 0 Å². The Balaban J connectivity index is 2.10. The van der Waals surface area contributed by atoms with E-state index in [1.807, 2.05) is 24.6 Å². The van der Waals surface area contributed by atoms with E-state index in [1.165, 1.54) is 0 Å². The van der Waals surface area contributed by atoms with Crippen LogP contribution in [0.3, 0.4) is 0 Å². The molecule has 0 aliphatic heterocycles. The van der Waals surface area contributed by atoms with Crippen molar-refractivity contribution >= 4 is 34.2 Å². The first-order valence-corrected chi connectivity index (χ1v) is 9.23. The second-order valence-electron chi connectivity index (χ2n) is 7.50. The zero-order valence-corrected chi connectivity index (χ0v) is 16.0. The summed E-state index contributed by atoms with van der Waals surface area (Å²) in [6, 6.07) is 12.4. The minimum Gasteiger partial charge on any atom is -0.292 e. The van der Waals surface area contributed by atoms with Gasteiger partial charge in [0.05, 0.1) is 5.54 Å². The lowest BCUT2D eigenvalue weighted by Gasteiger charge is -2.11. The Labute approximate surface area is 155 Å². The van der Waals surface area contributed by atoms with Crippen molar-refractivity contribution in [1.29, 1.82) is 0 Å². The van der Waals surface area contributed by atoms with Crippen LogP contribution in [-0.4, -0.2) is 34.7 Å². The predicted molar refractivity (Wildman–Crippen MR) is 112 cm³/mol. The molecule has 1 aromatic heterocycles. The van der Waals surface area contributed by atoms with Gasteiger partial charge in [0.1, 0.15) is 11.0 Å². The van der Waals surface area contributed by atoms with Gasteiger partial charge in [-0.15, -0.1) is 10.2 Å². The third-order valence-electron chi connectivity index (χ3n) is 4.14. The summed E-state index contributed by atoms with van der Waals surface area (Å²) < 4.78 is 0. The molecule has 0 radical (unpaired) electrons. The van der Waals surface area contributed by atoms with Gasteiger partial charge in [-0.05, 0) is 27.2 Å². The molecule has 2 aromatic carbocycles. The Morgan fingerprint density at radius 1 is 0.885 bits per heavy atom. The minimum absolute atomic E-state index is 0.117. The highest BCUT2D eigenvalue weighted by Gasteiger charge is 2.10. The van der Waals surface area contributed by atoms with Crippen LogP contribution < -0.4 is 0 Å². The second-order valence-corrected chi connectivity index (χ2v) is 7.50. The molecule has 4 nitrogen and oxygen atoms in total. The van der Waals surface area contributed by atoms with Gasteiger partial charge < -0.3 is 0 Å². The lowest BCUT2D eigenvalue weighted by atomic mass is 10.0. The molecule has 0 atom stereocenters. The molecule has 1 heterocycles. The molecule has 4 heteroatoms. The first-order valence-electron chi connectivity index (χ1n) is 9.23. The van der Waals surface area contributed by atoms with Gasteiger partial charge in [-0.25, -0.2) is 0 Å². The van der Waals surface area contributed by atoms with Crippen molar-refractivity contribution in [3.63, 3.8) is 0 Å². The molecule has 3 aromatic rings. The summed E-state index contributed by atoms with van der Waals surface area (Å²) in [7, 11) is 0. The highest BCUT2D eigenvalue weighted by molar-refractivity contribution is 6.12. The number of unbranched alkanes of at least 4 members (excludes halogenated alkanes) is 1. The summed E-state index contributed by atoms with van der Waals surface area (Å²) in [6.07, 6.45) is 6.07. The molecule has 0 amide bonds. The van der Waals surface area contributed by atoms with Gasteiger partial charge in [0.15, 0.2) is 0 Å². The van der Waals surface area contributed by atoms with Gasteiger partial charge in [0.2, 0.25) is 0 Å². The van der Waals surface area contributed by atoms with Crippen LogP contribution in [0.25, 0.3) is 21.8 Å². The van der Waals surface area contributed by atoms with E-state index in [4.69, 9.17) is 0 Å². The van der Waals surface area contributed by atoms with E-state index < -0.39 is 0 Å². The van der Waals surface area contributed by atoms with Crippen LogP contribution >= 0.6 is 0 Å². The molecule has 0 bridgehead atoms. The van der Waals surface area contributed by atoms with Crippen LogP contribution in [0, 0.1) is 0 Å². The van der Waals surface area contributed by atoms with Crippen LogP contribution in [-0.2, 0) is 0 Å². The predicted octanol–water partition coefficient (Wildman–Crippen LogP) is 5.22. The van der Waals surface area contributed by atoms with Crippen molar-refractivity contribution < 1.29 is 0 Å². The first kappa shape index (κ1) is 18.2. The van der Waals surface area contributed by atoms with E-state index in [1.54, 1.807) is 0 Å². The molecule has 0 saturated heterocycles. The molecular formula is C22H26N4. The third-order valence-corrected chi connectivity index (χ3v) is 4.14. The number of benzene rings is 2. The van der Waals surface area contributed by atoms with E-state index in [9.17, 15) is 0 Å². The number of nitrogens with zero attached hydrogens (tertiary/aromatic N) is 4. The quantitative estimate of drug-likeness (QED) is 0.361. The molecular weight excluding hydrogens is 320 g/mol. The van der Waals surface area contributed by atoms with Gasteiger partial charge >= 0.3 is 0 Å². The smallest absolute Gasteiger partial charge is 0.102 e. The Morgan fingerprint density at radius 2 is 1.46 bits per heavy atom. The number of hydrogen-bond acceptors (Lipinski definition) is 4. The highest BCUT2D eigenvalue weighted by Crippen LogP contribution is 2.25. The van der Waals surface area contributed by atoms with Crippen molar-refractivity contribution in [1.82, 2.24) is 10.2 Å². The molecule has 0 unspecified atom stereocenters. The molecule has 0 aliphatic rings. The van der Waals surface area contributed by atoms with Crippen molar-refractivity contribution in [2.45, 2.75) is 46.1 Å². The standard InChI is InChI=1S/C22H26N4/c1-5-6-13-23-14-16-9-7-11-18-19-12-8-10-17(15-24-22(2,3)4)21(19)26-25-20(16)18/h7-12,14-15H,5-6,13H2,1-4H3. The molecule has 0 saturated carbocycles. The third kappa shape index (κ3) is 4.13. The Kier molecular flexibility index (Phi) is 5.40. The van der Waals surface area contributed by atoms with Gasteiger partial charge in [-0.1, -0.05) is 49.7 Å². The number of fused-ring (bicyclic) bond motifs is 3. The maximum Gasteiger partial charge on any atom is 0.102 e. The highest BCUT2D eigenvalue weighted by atomic mass is 15.1. The summed E-state index contributed by atoms with van der Waals surface area (Å²) in [6.45, 7) is 9.27. The molecule has 3 rings (SSSR count). The van der Waals surface area contributed by atoms with E-state index in [-0.39, 0.29) is 5.54 Å². The summed E-state index contributed by atoms with van der Waals surface area (Å²) >= 11 is 0. The fourth-order valence-corrected chi connectivity index (χ4v) is 2.76. The van der Waals surface area contributed by atoms with Crippen LogP contribution in [0.2, 0.25) is 0 Å². The first-order chi connectivity index (χ1) is 12.5. The fraction of sp³-hybridized carbons (Fsp3) is 0.364. The summed E-state index contributed by atoms with van der Waals surface area (Å²) in [5.74, 6) is 0. The van der Waals surface area contributed by atoms with Crippen LogP contribution in [0.1, 0.15) is 51.7 Å².